The fraction of sp³-hybridized carbons (Fsp3) is 0.308. The smallest absolute Gasteiger partial charge is 0.152 e. The van der Waals surface area contributed by atoms with E-state index in [1.54, 1.807) is 12.4 Å². The van der Waals surface area contributed by atoms with Crippen molar-refractivity contribution < 1.29 is 5.11 Å². The molecule has 7 heteroatoms. The Morgan fingerprint density at radius 2 is 2.15 bits per heavy atom. The quantitative estimate of drug-likeness (QED) is 0.684. The monoisotopic (exact) mass is 272 g/mol. The second-order valence-electron chi connectivity index (χ2n) is 4.55. The van der Waals surface area contributed by atoms with Gasteiger partial charge in [-0.15, -0.1) is 10.2 Å². The minimum atomic E-state index is -0.130. The van der Waals surface area contributed by atoms with Gasteiger partial charge in [0, 0.05) is 12.2 Å². The third-order valence-corrected chi connectivity index (χ3v) is 3.33. The minimum absolute atomic E-state index is 0.130. The summed E-state index contributed by atoms with van der Waals surface area (Å²) in [6, 6.07) is 5.53. The predicted molar refractivity (Wildman–Crippen MR) is 74.9 cm³/mol. The number of hydrogen-bond donors (Lipinski definition) is 2. The summed E-state index contributed by atoms with van der Waals surface area (Å²) in [6.45, 7) is 3.22. The lowest BCUT2D eigenvalue weighted by Crippen LogP contribution is -2.10. The molecule has 0 radical (unpaired) electrons. The zero-order valence-corrected chi connectivity index (χ0v) is 11.2. The Labute approximate surface area is 115 Å². The molecule has 0 saturated heterocycles. The molecule has 0 atom stereocenters. The standard InChI is InChI=1S/C13H16N6O/c1-2-18-8-15-17-12(18)6-19-11-4-3-9(14)5-10(11)16-13(19)7-20/h3-5,8,20H,2,6-7,14H2,1H3. The summed E-state index contributed by atoms with van der Waals surface area (Å²) in [5, 5.41) is 17.5. The zero-order chi connectivity index (χ0) is 14.1. The van der Waals surface area contributed by atoms with Gasteiger partial charge in [0.15, 0.2) is 5.82 Å². The fourth-order valence-electron chi connectivity index (χ4n) is 2.30. The number of nitrogens with zero attached hydrogens (tertiary/aromatic N) is 5. The molecule has 0 amide bonds. The van der Waals surface area contributed by atoms with E-state index in [2.05, 4.69) is 15.2 Å². The molecule has 1 aromatic carbocycles. The highest BCUT2D eigenvalue weighted by Crippen LogP contribution is 2.20. The van der Waals surface area contributed by atoms with Gasteiger partial charge in [-0.3, -0.25) is 0 Å². The molecule has 3 aromatic rings. The first kappa shape index (κ1) is 12.6. The van der Waals surface area contributed by atoms with Crippen LogP contribution in [-0.2, 0) is 19.7 Å². The van der Waals surface area contributed by atoms with Crippen LogP contribution in [0.4, 0.5) is 5.69 Å². The molecule has 20 heavy (non-hydrogen) atoms. The maximum atomic E-state index is 9.49. The molecule has 0 aliphatic rings. The van der Waals surface area contributed by atoms with Crippen LogP contribution >= 0.6 is 0 Å². The summed E-state index contributed by atoms with van der Waals surface area (Å²) in [5.41, 5.74) is 8.12. The van der Waals surface area contributed by atoms with E-state index in [0.717, 1.165) is 23.4 Å². The average molecular weight is 272 g/mol. The fourth-order valence-corrected chi connectivity index (χ4v) is 2.30. The van der Waals surface area contributed by atoms with Crippen LogP contribution in [0.5, 0.6) is 0 Å². The number of anilines is 1. The van der Waals surface area contributed by atoms with Gasteiger partial charge < -0.3 is 20.0 Å². The van der Waals surface area contributed by atoms with Crippen LogP contribution in [0.25, 0.3) is 11.0 Å². The number of aliphatic hydroxyl groups is 1. The van der Waals surface area contributed by atoms with E-state index in [9.17, 15) is 5.11 Å². The number of aryl methyl sites for hydroxylation is 1. The number of benzene rings is 1. The molecule has 0 spiro atoms. The van der Waals surface area contributed by atoms with E-state index in [-0.39, 0.29) is 6.61 Å². The van der Waals surface area contributed by atoms with Gasteiger partial charge in [0.2, 0.25) is 0 Å². The lowest BCUT2D eigenvalue weighted by Gasteiger charge is -2.08. The summed E-state index contributed by atoms with van der Waals surface area (Å²) >= 11 is 0. The molecule has 0 bridgehead atoms. The van der Waals surface area contributed by atoms with Crippen LogP contribution in [0, 0.1) is 0 Å². The SMILES string of the molecule is CCn1cnnc1Cn1c(CO)nc2cc(N)ccc21. The summed E-state index contributed by atoms with van der Waals surface area (Å²) < 4.78 is 3.90. The van der Waals surface area contributed by atoms with E-state index >= 15 is 0 Å². The molecule has 104 valence electrons. The largest absolute Gasteiger partial charge is 0.399 e. The van der Waals surface area contributed by atoms with Crippen molar-refractivity contribution in [1.29, 1.82) is 0 Å². The Kier molecular flexibility index (Phi) is 3.11. The number of aliphatic hydroxyl groups excluding tert-OH is 1. The van der Waals surface area contributed by atoms with Crippen LogP contribution in [0.2, 0.25) is 0 Å². The van der Waals surface area contributed by atoms with Gasteiger partial charge >= 0.3 is 0 Å². The van der Waals surface area contributed by atoms with E-state index in [1.165, 1.54) is 0 Å². The number of fused-ring (bicyclic) bond motifs is 1. The lowest BCUT2D eigenvalue weighted by molar-refractivity contribution is 0.266. The second-order valence-corrected chi connectivity index (χ2v) is 4.55. The van der Waals surface area contributed by atoms with E-state index < -0.39 is 0 Å². The van der Waals surface area contributed by atoms with E-state index in [0.29, 0.717) is 18.1 Å². The molecule has 0 fully saturated rings. The van der Waals surface area contributed by atoms with Crippen LogP contribution in [0.15, 0.2) is 24.5 Å². The highest BCUT2D eigenvalue weighted by atomic mass is 16.3. The molecule has 3 N–H and O–H groups in total. The lowest BCUT2D eigenvalue weighted by atomic mass is 10.3. The number of hydrogen-bond acceptors (Lipinski definition) is 5. The molecule has 0 aliphatic carbocycles. The van der Waals surface area contributed by atoms with Gasteiger partial charge in [-0.2, -0.15) is 0 Å². The minimum Gasteiger partial charge on any atom is -0.399 e. The number of nitrogens with two attached hydrogens (primary N) is 1. The van der Waals surface area contributed by atoms with Crippen molar-refractivity contribution >= 4 is 16.7 Å². The topological polar surface area (TPSA) is 94.8 Å². The van der Waals surface area contributed by atoms with Crippen molar-refractivity contribution in [2.45, 2.75) is 26.6 Å². The first-order chi connectivity index (χ1) is 9.72. The molecule has 0 unspecified atom stereocenters. The number of nitrogen functional groups attached to an aromatic ring is 1. The van der Waals surface area contributed by atoms with Crippen LogP contribution in [0.1, 0.15) is 18.6 Å². The number of rotatable bonds is 4. The van der Waals surface area contributed by atoms with Gasteiger partial charge in [-0.05, 0) is 25.1 Å². The zero-order valence-electron chi connectivity index (χ0n) is 11.2. The van der Waals surface area contributed by atoms with Crippen molar-refractivity contribution in [3.63, 3.8) is 0 Å². The molecule has 3 rings (SSSR count). The van der Waals surface area contributed by atoms with Gasteiger partial charge in [-0.1, -0.05) is 0 Å². The third-order valence-electron chi connectivity index (χ3n) is 3.33. The van der Waals surface area contributed by atoms with Crippen LogP contribution in [-0.4, -0.2) is 29.4 Å². The van der Waals surface area contributed by atoms with Gasteiger partial charge in [0.05, 0.1) is 17.6 Å². The van der Waals surface area contributed by atoms with Crippen molar-refractivity contribution in [2.75, 3.05) is 5.73 Å². The van der Waals surface area contributed by atoms with Crippen molar-refractivity contribution in [1.82, 2.24) is 24.3 Å². The number of imidazole rings is 1. The molecule has 2 aromatic heterocycles. The molecular weight excluding hydrogens is 256 g/mol. The predicted octanol–water partition coefficient (Wildman–Crippen LogP) is 0.770. The molecule has 2 heterocycles. The van der Waals surface area contributed by atoms with Crippen molar-refractivity contribution in [3.05, 3.63) is 36.2 Å². The van der Waals surface area contributed by atoms with Crippen LogP contribution in [0.3, 0.4) is 0 Å². The van der Waals surface area contributed by atoms with E-state index in [1.807, 2.05) is 28.2 Å². The summed E-state index contributed by atoms with van der Waals surface area (Å²) in [4.78, 5) is 4.40. The first-order valence-electron chi connectivity index (χ1n) is 6.45. The van der Waals surface area contributed by atoms with E-state index in [4.69, 9.17) is 5.73 Å². The van der Waals surface area contributed by atoms with Crippen molar-refractivity contribution in [3.8, 4) is 0 Å². The van der Waals surface area contributed by atoms with Gasteiger partial charge in [0.25, 0.3) is 0 Å². The Morgan fingerprint density at radius 3 is 2.90 bits per heavy atom. The molecule has 7 nitrogen and oxygen atoms in total. The first-order valence-corrected chi connectivity index (χ1v) is 6.45. The molecular formula is C13H16N6O. The summed E-state index contributed by atoms with van der Waals surface area (Å²) in [6.07, 6.45) is 1.70. The maximum absolute atomic E-state index is 9.49. The highest BCUT2D eigenvalue weighted by Gasteiger charge is 2.13. The molecule has 0 saturated carbocycles. The average Bonchev–Trinajstić information content (AvgIpc) is 3.03. The second kappa shape index (κ2) is 4.93. The van der Waals surface area contributed by atoms with Crippen LogP contribution < -0.4 is 5.73 Å². The summed E-state index contributed by atoms with van der Waals surface area (Å²) in [7, 11) is 0. The Morgan fingerprint density at radius 1 is 1.30 bits per heavy atom. The van der Waals surface area contributed by atoms with Gasteiger partial charge in [0.1, 0.15) is 18.8 Å². The Bertz CT molecular complexity index is 744. The molecule has 0 aliphatic heterocycles. The Hall–Kier alpha value is -2.41. The maximum Gasteiger partial charge on any atom is 0.152 e. The normalized spacial score (nSPS) is 11.3. The van der Waals surface area contributed by atoms with Crippen molar-refractivity contribution in [2.24, 2.45) is 0 Å². The van der Waals surface area contributed by atoms with Gasteiger partial charge in [-0.25, -0.2) is 4.98 Å². The third kappa shape index (κ3) is 2.01. The number of aromatic nitrogens is 5. The Balaban J connectivity index is 2.10. The summed E-state index contributed by atoms with van der Waals surface area (Å²) in [5.74, 6) is 1.43. The highest BCUT2D eigenvalue weighted by molar-refractivity contribution is 5.79.